The van der Waals surface area contributed by atoms with Gasteiger partial charge in [0.25, 0.3) is 0 Å². The van der Waals surface area contributed by atoms with Gasteiger partial charge in [-0.2, -0.15) is 0 Å². The molecular formula is C49H63ClFN7O9S2. The van der Waals surface area contributed by atoms with Gasteiger partial charge < -0.3 is 30.9 Å². The third-order valence-electron chi connectivity index (χ3n) is 11.9. The van der Waals surface area contributed by atoms with Crippen LogP contribution in [0.5, 0.6) is 5.75 Å². The van der Waals surface area contributed by atoms with E-state index in [1.165, 1.54) is 10.6 Å². The maximum atomic E-state index is 14.5. The quantitative estimate of drug-likeness (QED) is 0.0242. The molecule has 20 heteroatoms. The number of piperidine rings is 2. The van der Waals surface area contributed by atoms with Crippen LogP contribution in [0.1, 0.15) is 107 Å². The van der Waals surface area contributed by atoms with Crippen molar-refractivity contribution in [2.45, 2.75) is 109 Å². The van der Waals surface area contributed by atoms with Gasteiger partial charge in [-0.25, -0.2) is 23.1 Å². The molecule has 7 rings (SSSR count). The molecule has 2 fully saturated rings. The van der Waals surface area contributed by atoms with Gasteiger partial charge in [0.2, 0.25) is 18.2 Å². The first kappa shape index (κ1) is 54.3. The minimum atomic E-state index is -1.24. The molecule has 3 aliphatic rings. The molecule has 6 N–H and O–H groups in total. The van der Waals surface area contributed by atoms with Crippen molar-refractivity contribution in [3.8, 4) is 16.2 Å². The molecule has 3 atom stereocenters. The average molecular weight is 1010 g/mol. The zero-order chi connectivity index (χ0) is 50.4. The number of rotatable bonds is 19. The first-order chi connectivity index (χ1) is 33.0. The van der Waals surface area contributed by atoms with E-state index in [0.717, 1.165) is 78.4 Å². The van der Waals surface area contributed by atoms with Crippen LogP contribution in [0.25, 0.3) is 22.6 Å². The lowest BCUT2D eigenvalue weighted by molar-refractivity contribution is -0.139. The number of carbonyl (C=O) groups is 5. The predicted octanol–water partition coefficient (Wildman–Crippen LogP) is 6.99. The number of halogens is 2. The molecular weight excluding hydrogens is 949 g/mol. The van der Waals surface area contributed by atoms with Gasteiger partial charge in [-0.3, -0.25) is 28.8 Å². The Bertz CT molecular complexity index is 2670. The van der Waals surface area contributed by atoms with Crippen LogP contribution >= 0.6 is 34.9 Å². The topological polar surface area (TPSA) is 213 Å². The Morgan fingerprint density at radius 3 is 2.46 bits per heavy atom. The van der Waals surface area contributed by atoms with Crippen LogP contribution in [0.15, 0.2) is 47.3 Å². The molecule has 4 aromatic rings. The number of amides is 3. The number of imidazole rings is 1. The van der Waals surface area contributed by atoms with Gasteiger partial charge in [0.1, 0.15) is 16.9 Å². The van der Waals surface area contributed by atoms with Crippen LogP contribution in [-0.2, 0) is 32.0 Å². The molecule has 1 aliphatic carbocycles. The van der Waals surface area contributed by atoms with Gasteiger partial charge in [-0.15, -0.1) is 11.3 Å². The molecule has 2 aliphatic heterocycles. The Morgan fingerprint density at radius 2 is 1.78 bits per heavy atom. The van der Waals surface area contributed by atoms with Crippen LogP contribution in [-0.4, -0.2) is 91.6 Å². The number of anilines is 2. The molecule has 2 aromatic carbocycles. The standard InChI is InChI=1S/C34H42ClFN4O6S2.C13H15N3O3.C2H6/c1-21(9-12-37-20-41)10-13-38-27-15-22(7-8-26(27)36)19-47-40-14-11-25(17-34(40,2)3)39-24-6-4-5-23(16-24)31-29(35)30(46-18-28(42)43)32(48-31)33(44)45;1-15-8-4-2-3-5-9(8)16(13(15)19)10-6-7-11(17)14-12(10)18;1-2/h4-8,15-16,20-21,25,38-39H,9-14,17-19H2,1-3H3,(H,37,41)(H,42,43)(H,44,45);4-5,10H,2-3,6-7H2,1H3,(H,14,17,18);1-2H3. The number of ether oxygens (including phenoxy) is 1. The van der Waals surface area contributed by atoms with E-state index in [0.29, 0.717) is 53.7 Å². The lowest BCUT2D eigenvalue weighted by Crippen LogP contribution is -2.49. The van der Waals surface area contributed by atoms with E-state index in [1.807, 2.05) is 62.4 Å². The van der Waals surface area contributed by atoms with Crippen LogP contribution in [0.4, 0.5) is 15.8 Å². The summed E-state index contributed by atoms with van der Waals surface area (Å²) in [5, 5.41) is 32.2. The third kappa shape index (κ3) is 14.2. The van der Waals surface area contributed by atoms with Gasteiger partial charge in [-0.1, -0.05) is 74.7 Å². The maximum Gasteiger partial charge on any atom is 0.349 e. The van der Waals surface area contributed by atoms with E-state index in [9.17, 15) is 38.3 Å². The van der Waals surface area contributed by atoms with E-state index in [1.54, 1.807) is 23.6 Å². The van der Waals surface area contributed by atoms with Crippen LogP contribution < -0.4 is 42.4 Å². The summed E-state index contributed by atoms with van der Waals surface area (Å²) in [5.41, 5.74) is 2.77. The number of hydrogen-bond donors (Lipinski definition) is 6. The Kier molecular flexibility index (Phi) is 19.9. The third-order valence-corrected chi connectivity index (χ3v) is 15.0. The lowest BCUT2D eigenvalue weighted by Gasteiger charge is -2.45. The number of aromatic nitrogens is 2. The van der Waals surface area contributed by atoms with Crippen molar-refractivity contribution in [2.24, 2.45) is 13.0 Å². The van der Waals surface area contributed by atoms with Crippen LogP contribution in [0.3, 0.4) is 0 Å². The monoisotopic (exact) mass is 1010 g/mol. The van der Waals surface area contributed by atoms with Gasteiger partial charge in [0.15, 0.2) is 17.2 Å². The average Bonchev–Trinajstić information content (AvgIpc) is 3.78. The SMILES string of the molecule is CC.CC(CCNC=O)CCNc1cc(CSN2CCC(Nc3cccc(-c4sc(C(=O)O)c(OCC(=O)O)c4Cl)c3)CC2(C)C)ccc1F.Cn1c2c(n(C3CCC(=O)NC3=O)c1=O)=CCCC=2. The van der Waals surface area contributed by atoms with Gasteiger partial charge in [-0.05, 0) is 100 Å². The summed E-state index contributed by atoms with van der Waals surface area (Å²) < 4.78 is 25.2. The van der Waals surface area contributed by atoms with E-state index in [2.05, 4.69) is 46.3 Å². The number of aliphatic carboxylic acids is 1. The number of nitrogens with zero attached hydrogens (tertiary/aromatic N) is 3. The van der Waals surface area contributed by atoms with Crippen molar-refractivity contribution in [2.75, 3.05) is 36.9 Å². The summed E-state index contributed by atoms with van der Waals surface area (Å²) in [6, 6.07) is 12.4. The zero-order valence-electron chi connectivity index (χ0n) is 39.9. The molecule has 69 heavy (non-hydrogen) atoms. The number of thiophene rings is 1. The molecule has 2 aromatic heterocycles. The second kappa shape index (κ2) is 25.3. The molecule has 0 radical (unpaired) electrons. The summed E-state index contributed by atoms with van der Waals surface area (Å²) in [5.74, 6) is -2.42. The largest absolute Gasteiger partial charge is 0.479 e. The summed E-state index contributed by atoms with van der Waals surface area (Å²) in [7, 11) is 1.71. The van der Waals surface area contributed by atoms with Crippen molar-refractivity contribution >= 4 is 88.6 Å². The normalized spacial score (nSPS) is 17.7. The molecule has 0 saturated carbocycles. The number of carboxylic acid groups (broad SMARTS) is 2. The Hall–Kier alpha value is -5.63. The highest BCUT2D eigenvalue weighted by molar-refractivity contribution is 7.96. The molecule has 2 saturated heterocycles. The fourth-order valence-corrected chi connectivity index (χ4v) is 11.0. The summed E-state index contributed by atoms with van der Waals surface area (Å²) in [6.07, 6.45) is 10.6. The molecule has 16 nitrogen and oxygen atoms in total. The Labute approximate surface area is 414 Å². The second-order valence-electron chi connectivity index (χ2n) is 17.4. The van der Waals surface area contributed by atoms with Crippen LogP contribution in [0.2, 0.25) is 5.02 Å². The highest BCUT2D eigenvalue weighted by Gasteiger charge is 2.36. The highest BCUT2D eigenvalue weighted by Crippen LogP contribution is 2.46. The van der Waals surface area contributed by atoms with E-state index in [-0.39, 0.29) is 57.0 Å². The maximum absolute atomic E-state index is 14.5. The van der Waals surface area contributed by atoms with Gasteiger partial charge >= 0.3 is 17.6 Å². The Morgan fingerprint density at radius 1 is 1.06 bits per heavy atom. The number of benzene rings is 2. The first-order valence-corrected chi connectivity index (χ1v) is 25.3. The number of aromatic carboxylic acids is 1. The first-order valence-electron chi connectivity index (χ1n) is 23.2. The van der Waals surface area contributed by atoms with E-state index < -0.39 is 24.6 Å². The van der Waals surface area contributed by atoms with Crippen molar-refractivity contribution in [1.82, 2.24) is 24.1 Å². The van der Waals surface area contributed by atoms with Crippen LogP contribution in [0, 0.1) is 11.7 Å². The molecule has 0 bridgehead atoms. The van der Waals surface area contributed by atoms with Crippen molar-refractivity contribution in [3.05, 3.63) is 84.9 Å². The summed E-state index contributed by atoms with van der Waals surface area (Å²) in [6.45, 7) is 12.0. The highest BCUT2D eigenvalue weighted by atomic mass is 35.5. The van der Waals surface area contributed by atoms with Gasteiger partial charge in [0, 0.05) is 56.1 Å². The Balaban J connectivity index is 0.000000348. The number of hydrogen-bond acceptors (Lipinski definition) is 12. The number of fused-ring (bicyclic) bond motifs is 1. The number of imide groups is 1. The fraction of sp³-hybridized carbons (Fsp3) is 0.469. The van der Waals surface area contributed by atoms with Crippen molar-refractivity contribution in [3.63, 3.8) is 0 Å². The van der Waals surface area contributed by atoms with E-state index >= 15 is 0 Å². The lowest BCUT2D eigenvalue weighted by atomic mass is 9.89. The summed E-state index contributed by atoms with van der Waals surface area (Å²) >= 11 is 9.19. The number of carboxylic acids is 2. The van der Waals surface area contributed by atoms with Crippen molar-refractivity contribution in [1.29, 1.82) is 0 Å². The fourth-order valence-electron chi connectivity index (χ4n) is 8.43. The number of nitrogens with one attached hydrogen (secondary N) is 4. The molecule has 3 amide bonds. The van der Waals surface area contributed by atoms with Crippen molar-refractivity contribution < 1.29 is 43.3 Å². The molecule has 3 unspecified atom stereocenters. The minimum Gasteiger partial charge on any atom is -0.479 e. The molecule has 374 valence electrons. The van der Waals surface area contributed by atoms with Gasteiger partial charge in [0.05, 0.1) is 21.3 Å². The number of carbonyl (C=O) groups excluding carboxylic acids is 3. The minimum absolute atomic E-state index is 0.0705. The second-order valence-corrected chi connectivity index (χ2v) is 19.8. The predicted molar refractivity (Wildman–Crippen MR) is 271 cm³/mol. The summed E-state index contributed by atoms with van der Waals surface area (Å²) in [4.78, 5) is 69.0. The molecule has 0 spiro atoms. The zero-order valence-corrected chi connectivity index (χ0v) is 42.3. The molecule has 4 heterocycles. The smallest absolute Gasteiger partial charge is 0.349 e. The van der Waals surface area contributed by atoms with E-state index in [4.69, 9.17) is 21.4 Å².